The Bertz CT molecular complexity index is 408. The molecule has 17 heavy (non-hydrogen) atoms. The van der Waals surface area contributed by atoms with Gasteiger partial charge in [0.25, 0.3) is 5.91 Å². The fraction of sp³-hybridized carbons (Fsp3) is 0.615. The standard InChI is InChI=1S/C13H19NO2S/c1-8-10(3)17-7-11(8)13(15)14-9(2)12-5-4-6-16-12/h7,9,12H,4-6H2,1-3H3,(H,14,15)/t9-,12+/m1/s1. The van der Waals surface area contributed by atoms with E-state index in [0.29, 0.717) is 0 Å². The van der Waals surface area contributed by atoms with Gasteiger partial charge in [0, 0.05) is 16.9 Å². The third kappa shape index (κ3) is 2.69. The molecular weight excluding hydrogens is 234 g/mol. The summed E-state index contributed by atoms with van der Waals surface area (Å²) < 4.78 is 5.57. The highest BCUT2D eigenvalue weighted by molar-refractivity contribution is 7.10. The van der Waals surface area contributed by atoms with E-state index in [2.05, 4.69) is 5.32 Å². The van der Waals surface area contributed by atoms with Crippen molar-refractivity contribution in [3.63, 3.8) is 0 Å². The summed E-state index contributed by atoms with van der Waals surface area (Å²) in [6.07, 6.45) is 2.32. The second kappa shape index (κ2) is 5.19. The van der Waals surface area contributed by atoms with Gasteiger partial charge in [-0.1, -0.05) is 0 Å². The maximum Gasteiger partial charge on any atom is 0.252 e. The summed E-state index contributed by atoms with van der Waals surface area (Å²) in [5.41, 5.74) is 1.89. The molecule has 2 rings (SSSR count). The highest BCUT2D eigenvalue weighted by Gasteiger charge is 2.24. The minimum Gasteiger partial charge on any atom is -0.376 e. The molecule has 1 aliphatic heterocycles. The molecule has 0 unspecified atom stereocenters. The third-order valence-electron chi connectivity index (χ3n) is 3.41. The Morgan fingerprint density at radius 1 is 1.59 bits per heavy atom. The van der Waals surface area contributed by atoms with Crippen LogP contribution in [0.2, 0.25) is 0 Å². The van der Waals surface area contributed by atoms with Gasteiger partial charge in [0.2, 0.25) is 0 Å². The van der Waals surface area contributed by atoms with Crippen molar-refractivity contribution in [2.45, 2.75) is 45.8 Å². The number of aryl methyl sites for hydroxylation is 1. The molecule has 0 aliphatic carbocycles. The van der Waals surface area contributed by atoms with Gasteiger partial charge in [-0.2, -0.15) is 0 Å². The number of amides is 1. The Balaban J connectivity index is 1.99. The topological polar surface area (TPSA) is 38.3 Å². The van der Waals surface area contributed by atoms with Crippen LogP contribution in [0, 0.1) is 13.8 Å². The van der Waals surface area contributed by atoms with Crippen LogP contribution in [0.1, 0.15) is 40.6 Å². The van der Waals surface area contributed by atoms with Crippen LogP contribution in [0.15, 0.2) is 5.38 Å². The van der Waals surface area contributed by atoms with E-state index in [1.165, 1.54) is 4.88 Å². The summed E-state index contributed by atoms with van der Waals surface area (Å²) in [5, 5.41) is 4.97. The van der Waals surface area contributed by atoms with E-state index in [4.69, 9.17) is 4.74 Å². The maximum atomic E-state index is 12.1. The van der Waals surface area contributed by atoms with Crippen molar-refractivity contribution in [1.82, 2.24) is 5.32 Å². The highest BCUT2D eigenvalue weighted by Crippen LogP contribution is 2.21. The fourth-order valence-corrected chi connectivity index (χ4v) is 2.98. The minimum atomic E-state index is 0.0230. The van der Waals surface area contributed by atoms with Gasteiger partial charge in [-0.15, -0.1) is 11.3 Å². The molecule has 3 nitrogen and oxygen atoms in total. The molecule has 0 bridgehead atoms. The van der Waals surface area contributed by atoms with Crippen molar-refractivity contribution >= 4 is 17.2 Å². The van der Waals surface area contributed by atoms with Gasteiger partial charge in [0.1, 0.15) is 0 Å². The van der Waals surface area contributed by atoms with Crippen molar-refractivity contribution in [2.24, 2.45) is 0 Å². The summed E-state index contributed by atoms with van der Waals surface area (Å²) in [5.74, 6) is 0.0230. The Hall–Kier alpha value is -0.870. The average molecular weight is 253 g/mol. The van der Waals surface area contributed by atoms with Crippen LogP contribution < -0.4 is 5.32 Å². The molecule has 1 amide bonds. The van der Waals surface area contributed by atoms with Gasteiger partial charge in [0.05, 0.1) is 17.7 Å². The number of ether oxygens (including phenoxy) is 1. The molecule has 2 atom stereocenters. The van der Waals surface area contributed by atoms with E-state index >= 15 is 0 Å². The Morgan fingerprint density at radius 2 is 2.35 bits per heavy atom. The van der Waals surface area contributed by atoms with Crippen LogP contribution in [-0.4, -0.2) is 24.7 Å². The minimum absolute atomic E-state index is 0.0230. The molecule has 1 N–H and O–H groups in total. The van der Waals surface area contributed by atoms with Crippen LogP contribution in [0.25, 0.3) is 0 Å². The number of hydrogen-bond acceptors (Lipinski definition) is 3. The lowest BCUT2D eigenvalue weighted by Gasteiger charge is -2.19. The van der Waals surface area contributed by atoms with E-state index in [1.807, 2.05) is 26.2 Å². The van der Waals surface area contributed by atoms with Crippen molar-refractivity contribution < 1.29 is 9.53 Å². The largest absolute Gasteiger partial charge is 0.376 e. The number of carbonyl (C=O) groups excluding carboxylic acids is 1. The molecule has 0 spiro atoms. The Labute approximate surface area is 106 Å². The lowest BCUT2D eigenvalue weighted by atomic mass is 10.1. The van der Waals surface area contributed by atoms with E-state index < -0.39 is 0 Å². The normalized spacial score (nSPS) is 21.5. The first-order chi connectivity index (χ1) is 8.09. The van der Waals surface area contributed by atoms with E-state index in [1.54, 1.807) is 11.3 Å². The molecule has 1 fully saturated rings. The zero-order valence-corrected chi connectivity index (χ0v) is 11.4. The highest BCUT2D eigenvalue weighted by atomic mass is 32.1. The number of thiophene rings is 1. The summed E-state index contributed by atoms with van der Waals surface area (Å²) in [6.45, 7) is 6.88. The number of nitrogens with one attached hydrogen (secondary N) is 1. The lowest BCUT2D eigenvalue weighted by molar-refractivity contribution is 0.0712. The van der Waals surface area contributed by atoms with Gasteiger partial charge in [-0.25, -0.2) is 0 Å². The average Bonchev–Trinajstić information content (AvgIpc) is 2.90. The maximum absolute atomic E-state index is 12.1. The first-order valence-corrected chi connectivity index (χ1v) is 6.94. The lowest BCUT2D eigenvalue weighted by Crippen LogP contribution is -2.40. The second-order valence-corrected chi connectivity index (χ2v) is 5.73. The van der Waals surface area contributed by atoms with E-state index in [-0.39, 0.29) is 18.1 Å². The van der Waals surface area contributed by atoms with Crippen LogP contribution >= 0.6 is 11.3 Å². The summed E-state index contributed by atoms with van der Waals surface area (Å²) in [7, 11) is 0. The fourth-order valence-electron chi connectivity index (χ4n) is 2.11. The van der Waals surface area contributed by atoms with Crippen LogP contribution in [0.5, 0.6) is 0 Å². The summed E-state index contributed by atoms with van der Waals surface area (Å²) in [4.78, 5) is 13.3. The molecule has 0 radical (unpaired) electrons. The quantitative estimate of drug-likeness (QED) is 0.899. The predicted molar refractivity (Wildman–Crippen MR) is 69.7 cm³/mol. The predicted octanol–water partition coefficient (Wildman–Crippen LogP) is 2.66. The number of hydrogen-bond donors (Lipinski definition) is 1. The van der Waals surface area contributed by atoms with Gasteiger partial charge >= 0.3 is 0 Å². The zero-order chi connectivity index (χ0) is 12.4. The molecule has 0 saturated carbocycles. The molecule has 1 aliphatic rings. The van der Waals surface area contributed by atoms with Gasteiger partial charge in [-0.05, 0) is 39.2 Å². The molecule has 1 aromatic rings. The second-order valence-electron chi connectivity index (χ2n) is 4.64. The van der Waals surface area contributed by atoms with Crippen molar-refractivity contribution in [3.8, 4) is 0 Å². The summed E-state index contributed by atoms with van der Waals surface area (Å²) >= 11 is 1.63. The Morgan fingerprint density at radius 3 is 2.88 bits per heavy atom. The van der Waals surface area contributed by atoms with Gasteiger partial charge in [0.15, 0.2) is 0 Å². The first-order valence-electron chi connectivity index (χ1n) is 6.06. The van der Waals surface area contributed by atoms with Gasteiger partial charge < -0.3 is 10.1 Å². The van der Waals surface area contributed by atoms with Gasteiger partial charge in [-0.3, -0.25) is 4.79 Å². The molecule has 1 aromatic heterocycles. The number of carbonyl (C=O) groups is 1. The van der Waals surface area contributed by atoms with Crippen LogP contribution in [-0.2, 0) is 4.74 Å². The monoisotopic (exact) mass is 253 g/mol. The summed E-state index contributed by atoms with van der Waals surface area (Å²) in [6, 6.07) is 0.0876. The molecular formula is C13H19NO2S. The molecule has 94 valence electrons. The first kappa shape index (κ1) is 12.6. The van der Waals surface area contributed by atoms with Crippen molar-refractivity contribution in [3.05, 3.63) is 21.4 Å². The molecule has 1 saturated heterocycles. The Kier molecular flexibility index (Phi) is 3.84. The SMILES string of the molecule is Cc1scc(C(=O)N[C@H](C)[C@@H]2CCCO2)c1C. The van der Waals surface area contributed by atoms with Crippen molar-refractivity contribution in [1.29, 1.82) is 0 Å². The zero-order valence-electron chi connectivity index (χ0n) is 10.6. The van der Waals surface area contributed by atoms with Crippen LogP contribution in [0.3, 0.4) is 0 Å². The molecule has 2 heterocycles. The van der Waals surface area contributed by atoms with E-state index in [0.717, 1.165) is 30.6 Å². The smallest absolute Gasteiger partial charge is 0.252 e. The molecule has 0 aromatic carbocycles. The number of rotatable bonds is 3. The van der Waals surface area contributed by atoms with Crippen LogP contribution in [0.4, 0.5) is 0 Å². The van der Waals surface area contributed by atoms with E-state index in [9.17, 15) is 4.79 Å². The van der Waals surface area contributed by atoms with Crippen molar-refractivity contribution in [2.75, 3.05) is 6.61 Å². The molecule has 4 heteroatoms. The third-order valence-corrected chi connectivity index (χ3v) is 4.42.